The predicted octanol–water partition coefficient (Wildman–Crippen LogP) is 3.88. The number of carboxylic acid groups (broad SMARTS) is 1. The second-order valence-electron chi connectivity index (χ2n) is 5.22. The molecule has 2 N–H and O–H groups in total. The summed E-state index contributed by atoms with van der Waals surface area (Å²) >= 11 is 0. The van der Waals surface area contributed by atoms with Crippen LogP contribution in [0.4, 0.5) is 5.69 Å². The van der Waals surface area contributed by atoms with Crippen molar-refractivity contribution in [2.75, 3.05) is 10.5 Å². The van der Waals surface area contributed by atoms with Crippen LogP contribution >= 0.6 is 0 Å². The van der Waals surface area contributed by atoms with Crippen LogP contribution in [0.3, 0.4) is 0 Å². The van der Waals surface area contributed by atoms with Gasteiger partial charge in [-0.05, 0) is 18.6 Å². The summed E-state index contributed by atoms with van der Waals surface area (Å²) in [6, 6.07) is 5.79. The average Bonchev–Trinajstić information content (AvgIpc) is 2.50. The number of rotatable bonds is 11. The highest BCUT2D eigenvalue weighted by molar-refractivity contribution is 7.92. The van der Waals surface area contributed by atoms with Gasteiger partial charge in [0.15, 0.2) is 0 Å². The highest BCUT2D eigenvalue weighted by atomic mass is 32.2. The Bertz CT molecular complexity index is 604. The van der Waals surface area contributed by atoms with E-state index in [0.717, 1.165) is 25.7 Å². The summed E-state index contributed by atoms with van der Waals surface area (Å²) in [6.07, 6.45) is 6.36. The fourth-order valence-electron chi connectivity index (χ4n) is 2.12. The zero-order valence-electron chi connectivity index (χ0n) is 13.9. The minimum atomic E-state index is -3.91. The van der Waals surface area contributed by atoms with Gasteiger partial charge in [-0.25, -0.2) is 13.2 Å². The van der Waals surface area contributed by atoms with Crippen LogP contribution in [0.1, 0.15) is 63.6 Å². The van der Waals surface area contributed by atoms with Crippen molar-refractivity contribution < 1.29 is 19.7 Å². The Morgan fingerprint density at radius 1 is 1.14 bits per heavy atom. The molecular formula is C16H25NO4S. The van der Waals surface area contributed by atoms with Crippen LogP contribution in [0.5, 0.6) is 0 Å². The van der Waals surface area contributed by atoms with E-state index in [-0.39, 0.29) is 17.7 Å². The summed E-state index contributed by atoms with van der Waals surface area (Å²) in [7, 11) is -3.91. The van der Waals surface area contributed by atoms with Crippen molar-refractivity contribution in [3.63, 3.8) is 0 Å². The molecule has 0 radical (unpaired) electrons. The van der Waals surface area contributed by atoms with Gasteiger partial charge < -0.3 is 5.11 Å². The number of carboxylic acids is 1. The molecule has 1 rings (SSSR count). The molecule has 0 aliphatic heterocycles. The molecule has 0 heterocycles. The predicted molar refractivity (Wildman–Crippen MR) is 88.8 cm³/mol. The number of aromatic carboxylic acids is 1. The van der Waals surface area contributed by atoms with Crippen molar-refractivity contribution in [2.24, 2.45) is 0 Å². The maximum Gasteiger partial charge on any atom is 0.337 e. The van der Waals surface area contributed by atoms with E-state index in [0.29, 0.717) is 6.42 Å². The van der Waals surface area contributed by atoms with Gasteiger partial charge in [-0.2, -0.15) is 0 Å². The average molecular weight is 328 g/mol. The number of hydrogen-bond donors (Lipinski definition) is 2. The fourth-order valence-corrected chi connectivity index (χ4v) is 3.16. The number of para-hydroxylation sites is 1. The van der Waals surface area contributed by atoms with Crippen LogP contribution in [-0.4, -0.2) is 25.2 Å². The van der Waals surface area contributed by atoms with E-state index < -0.39 is 21.7 Å². The Morgan fingerprint density at radius 3 is 2.36 bits per heavy atom. The van der Waals surface area contributed by atoms with Crippen LogP contribution in [0.25, 0.3) is 0 Å². The third-order valence-electron chi connectivity index (χ3n) is 3.30. The maximum atomic E-state index is 12.1. The maximum absolute atomic E-state index is 12.1. The minimum Gasteiger partial charge on any atom is -0.478 e. The van der Waals surface area contributed by atoms with E-state index in [1.165, 1.54) is 24.6 Å². The Labute approximate surface area is 134 Å². The normalized spacial score (nSPS) is 13.4. The van der Waals surface area contributed by atoms with Crippen molar-refractivity contribution in [3.05, 3.63) is 29.8 Å². The lowest BCUT2D eigenvalue weighted by Gasteiger charge is -2.10. The smallest absolute Gasteiger partial charge is 0.337 e. The van der Waals surface area contributed by atoms with Crippen molar-refractivity contribution >= 4 is 21.7 Å². The molecule has 5 nitrogen and oxygen atoms in total. The molecular weight excluding hydrogens is 302 g/mol. The van der Waals surface area contributed by atoms with Crippen LogP contribution in [-0.2, 0) is 10.0 Å². The van der Waals surface area contributed by atoms with E-state index in [1.807, 2.05) is 0 Å². The van der Waals surface area contributed by atoms with Gasteiger partial charge in [0, 0.05) is 1.37 Å². The SMILES string of the molecule is [2H]C(CCCCCCCC)S(=O)(=O)Nc1ccccc1C(=O)O. The summed E-state index contributed by atoms with van der Waals surface area (Å²) < 4.78 is 34.4. The van der Waals surface area contributed by atoms with E-state index in [4.69, 9.17) is 6.48 Å². The van der Waals surface area contributed by atoms with Gasteiger partial charge in [-0.3, -0.25) is 4.72 Å². The van der Waals surface area contributed by atoms with Gasteiger partial charge in [0.05, 0.1) is 17.0 Å². The van der Waals surface area contributed by atoms with E-state index in [9.17, 15) is 13.2 Å². The monoisotopic (exact) mass is 328 g/mol. The van der Waals surface area contributed by atoms with Gasteiger partial charge in [-0.1, -0.05) is 57.6 Å². The first kappa shape index (κ1) is 16.8. The van der Waals surface area contributed by atoms with Crippen LogP contribution in [0, 0.1) is 0 Å². The number of sulfonamides is 1. The number of anilines is 1. The molecule has 6 heteroatoms. The molecule has 0 fully saturated rings. The largest absolute Gasteiger partial charge is 0.478 e. The molecule has 124 valence electrons. The number of carbonyl (C=O) groups is 1. The van der Waals surface area contributed by atoms with Gasteiger partial charge in [0.2, 0.25) is 10.0 Å². The molecule has 0 spiro atoms. The molecule has 1 unspecified atom stereocenters. The minimum absolute atomic E-state index is 0.000181. The molecule has 0 aromatic heterocycles. The lowest BCUT2D eigenvalue weighted by atomic mass is 10.1. The van der Waals surface area contributed by atoms with Gasteiger partial charge in [0.25, 0.3) is 0 Å². The first-order valence-electron chi connectivity index (χ1n) is 8.22. The van der Waals surface area contributed by atoms with Crippen LogP contribution in [0.2, 0.25) is 0 Å². The zero-order chi connectivity index (χ0) is 17.3. The molecule has 0 saturated heterocycles. The molecule has 0 amide bonds. The molecule has 0 saturated carbocycles. The molecule has 0 aliphatic carbocycles. The summed E-state index contributed by atoms with van der Waals surface area (Å²) in [5.41, 5.74) is -1.42. The van der Waals surface area contributed by atoms with Gasteiger partial charge in [0.1, 0.15) is 0 Å². The lowest BCUT2D eigenvalue weighted by Crippen LogP contribution is -2.18. The number of nitrogens with one attached hydrogen (secondary N) is 1. The Kier molecular flexibility index (Phi) is 7.22. The van der Waals surface area contributed by atoms with Gasteiger partial charge in [-0.15, -0.1) is 0 Å². The third kappa shape index (κ3) is 6.93. The molecule has 0 bridgehead atoms. The van der Waals surface area contributed by atoms with E-state index >= 15 is 0 Å². The van der Waals surface area contributed by atoms with Crippen molar-refractivity contribution in [3.8, 4) is 0 Å². The van der Waals surface area contributed by atoms with E-state index in [2.05, 4.69) is 11.6 Å². The quantitative estimate of drug-likeness (QED) is 0.604. The molecule has 22 heavy (non-hydrogen) atoms. The second-order valence-corrected chi connectivity index (χ2v) is 6.85. The summed E-state index contributed by atoms with van der Waals surface area (Å²) in [4.78, 5) is 11.1. The summed E-state index contributed by atoms with van der Waals surface area (Å²) in [5, 5.41) is 9.06. The molecule has 0 aliphatic rings. The molecule has 1 atom stereocenters. The van der Waals surface area contributed by atoms with Gasteiger partial charge >= 0.3 is 5.97 Å². The zero-order valence-corrected chi connectivity index (χ0v) is 13.7. The fraction of sp³-hybridized carbons (Fsp3) is 0.562. The first-order chi connectivity index (χ1) is 10.9. The van der Waals surface area contributed by atoms with Crippen molar-refractivity contribution in [1.29, 1.82) is 0 Å². The highest BCUT2D eigenvalue weighted by Gasteiger charge is 2.15. The number of hydrogen-bond acceptors (Lipinski definition) is 3. The number of benzene rings is 1. The summed E-state index contributed by atoms with van der Waals surface area (Å²) in [6.45, 7) is 2.13. The van der Waals surface area contributed by atoms with E-state index in [1.54, 1.807) is 6.07 Å². The topological polar surface area (TPSA) is 83.5 Å². The molecule has 1 aromatic carbocycles. The Morgan fingerprint density at radius 2 is 1.73 bits per heavy atom. The second kappa shape index (κ2) is 9.46. The third-order valence-corrected chi connectivity index (χ3v) is 4.48. The number of unbranched alkanes of at least 4 members (excludes halogenated alkanes) is 5. The van der Waals surface area contributed by atoms with Crippen molar-refractivity contribution in [2.45, 2.75) is 51.9 Å². The highest BCUT2D eigenvalue weighted by Crippen LogP contribution is 2.17. The molecule has 1 aromatic rings. The first-order valence-corrected chi connectivity index (χ1v) is 9.19. The summed E-state index contributed by atoms with van der Waals surface area (Å²) in [5.74, 6) is -1.21. The Hall–Kier alpha value is -1.56. The lowest BCUT2D eigenvalue weighted by molar-refractivity contribution is 0.0698. The van der Waals surface area contributed by atoms with Crippen molar-refractivity contribution in [1.82, 2.24) is 0 Å². The van der Waals surface area contributed by atoms with Crippen LogP contribution < -0.4 is 4.72 Å². The van der Waals surface area contributed by atoms with Crippen LogP contribution in [0.15, 0.2) is 24.3 Å². The Balaban J connectivity index is 2.57. The standard InChI is InChI=1S/C16H25NO4S/c1-2-3-4-5-6-7-10-13-22(20,21)17-15-12-9-8-11-14(15)16(18)19/h8-9,11-12,17H,2-7,10,13H2,1H3,(H,18,19)/i13D.